The number of sulfonamides is 1. The zero-order valence-electron chi connectivity index (χ0n) is 15.4. The number of hydrogen-bond donors (Lipinski definition) is 3. The van der Waals surface area contributed by atoms with Crippen molar-refractivity contribution in [2.45, 2.75) is 4.90 Å². The number of anilines is 2. The second-order valence-electron chi connectivity index (χ2n) is 6.21. The molecule has 31 heavy (non-hydrogen) atoms. The van der Waals surface area contributed by atoms with E-state index in [0.29, 0.717) is 0 Å². The van der Waals surface area contributed by atoms with E-state index in [1.165, 1.54) is 42.5 Å². The molecule has 3 aromatic rings. The van der Waals surface area contributed by atoms with Crippen molar-refractivity contribution >= 4 is 56.5 Å². The van der Waals surface area contributed by atoms with Crippen molar-refractivity contribution in [1.29, 1.82) is 0 Å². The monoisotopic (exact) mass is 482 g/mol. The lowest BCUT2D eigenvalue weighted by Crippen LogP contribution is -2.16. The first kappa shape index (κ1) is 22.5. The molecule has 11 heteroatoms. The molecule has 0 radical (unpaired) electrons. The van der Waals surface area contributed by atoms with Gasteiger partial charge in [0, 0.05) is 5.56 Å². The van der Waals surface area contributed by atoms with Gasteiger partial charge in [0.15, 0.2) is 0 Å². The van der Waals surface area contributed by atoms with E-state index in [1.807, 2.05) is 0 Å². The summed E-state index contributed by atoms with van der Waals surface area (Å²) in [4.78, 5) is 23.5. The minimum Gasteiger partial charge on any atom is -0.478 e. The number of carboxylic acid groups (broad SMARTS) is 1. The number of nitrogens with one attached hydrogen (secondary N) is 2. The maximum absolute atomic E-state index is 13.3. The minimum atomic E-state index is -3.97. The fourth-order valence-corrected chi connectivity index (χ4v) is 3.90. The SMILES string of the molecule is O=C(Nc1ccc(F)cc1C(=O)O)c1ccc(S(=O)(=O)Nc2ccc(Cl)c(Cl)c2)cc1. The van der Waals surface area contributed by atoms with Crippen LogP contribution in [-0.2, 0) is 10.0 Å². The Morgan fingerprint density at radius 3 is 2.19 bits per heavy atom. The molecule has 0 aliphatic rings. The number of benzene rings is 3. The highest BCUT2D eigenvalue weighted by atomic mass is 35.5. The maximum Gasteiger partial charge on any atom is 0.337 e. The summed E-state index contributed by atoms with van der Waals surface area (Å²) in [6.45, 7) is 0. The molecule has 0 saturated heterocycles. The van der Waals surface area contributed by atoms with Crippen molar-refractivity contribution in [1.82, 2.24) is 0 Å². The van der Waals surface area contributed by atoms with Crippen LogP contribution >= 0.6 is 23.2 Å². The Morgan fingerprint density at radius 1 is 0.903 bits per heavy atom. The molecule has 160 valence electrons. The van der Waals surface area contributed by atoms with Crippen molar-refractivity contribution in [2.24, 2.45) is 0 Å². The predicted molar refractivity (Wildman–Crippen MR) is 115 cm³/mol. The fourth-order valence-electron chi connectivity index (χ4n) is 2.56. The third-order valence-electron chi connectivity index (χ3n) is 4.06. The number of hydrogen-bond acceptors (Lipinski definition) is 4. The van der Waals surface area contributed by atoms with Crippen molar-refractivity contribution < 1.29 is 27.5 Å². The van der Waals surface area contributed by atoms with E-state index in [1.54, 1.807) is 0 Å². The zero-order valence-corrected chi connectivity index (χ0v) is 17.7. The summed E-state index contributed by atoms with van der Waals surface area (Å²) in [5.74, 6) is -2.88. The van der Waals surface area contributed by atoms with E-state index >= 15 is 0 Å². The summed E-state index contributed by atoms with van der Waals surface area (Å²) in [6, 6.07) is 12.1. The number of rotatable bonds is 6. The van der Waals surface area contributed by atoms with Gasteiger partial charge in [-0.15, -0.1) is 0 Å². The van der Waals surface area contributed by atoms with Crippen LogP contribution in [0.4, 0.5) is 15.8 Å². The summed E-state index contributed by atoms with van der Waals surface area (Å²) in [6.07, 6.45) is 0. The molecule has 0 heterocycles. The predicted octanol–water partition coefficient (Wildman–Crippen LogP) is 4.88. The highest BCUT2D eigenvalue weighted by Gasteiger charge is 2.18. The second-order valence-corrected chi connectivity index (χ2v) is 8.70. The number of carbonyl (C=O) groups excluding carboxylic acids is 1. The molecule has 0 bridgehead atoms. The van der Waals surface area contributed by atoms with Gasteiger partial charge in [0.1, 0.15) is 5.82 Å². The van der Waals surface area contributed by atoms with Crippen LogP contribution in [0.2, 0.25) is 10.0 Å². The van der Waals surface area contributed by atoms with E-state index < -0.39 is 33.3 Å². The molecular weight excluding hydrogens is 470 g/mol. The molecule has 0 fully saturated rings. The molecular formula is C20H13Cl2FN2O5S. The number of aromatic carboxylic acids is 1. The first-order chi connectivity index (χ1) is 14.6. The Bertz CT molecular complexity index is 1280. The molecule has 0 aliphatic heterocycles. The van der Waals surface area contributed by atoms with E-state index in [2.05, 4.69) is 10.0 Å². The smallest absolute Gasteiger partial charge is 0.337 e. The quantitative estimate of drug-likeness (QED) is 0.463. The zero-order chi connectivity index (χ0) is 22.8. The summed E-state index contributed by atoms with van der Waals surface area (Å²) in [5, 5.41) is 12.0. The standard InChI is InChI=1S/C20H13Cl2FN2O5S/c21-16-7-4-13(10-17(16)22)25-31(29,30)14-5-1-11(2-6-14)19(26)24-18-8-3-12(23)9-15(18)20(27)28/h1-10,25H,(H,24,26)(H,27,28). The van der Waals surface area contributed by atoms with Gasteiger partial charge >= 0.3 is 5.97 Å². The Morgan fingerprint density at radius 2 is 1.58 bits per heavy atom. The van der Waals surface area contributed by atoms with Gasteiger partial charge in [-0.25, -0.2) is 17.6 Å². The topological polar surface area (TPSA) is 113 Å². The lowest BCUT2D eigenvalue weighted by atomic mass is 10.1. The summed E-state index contributed by atoms with van der Waals surface area (Å²) >= 11 is 11.7. The largest absolute Gasteiger partial charge is 0.478 e. The second kappa shape index (κ2) is 8.93. The van der Waals surface area contributed by atoms with Crippen LogP contribution in [0.5, 0.6) is 0 Å². The van der Waals surface area contributed by atoms with E-state index in [-0.39, 0.29) is 31.9 Å². The van der Waals surface area contributed by atoms with Crippen LogP contribution in [0, 0.1) is 5.82 Å². The molecule has 3 N–H and O–H groups in total. The minimum absolute atomic E-state index is 0.0640. The third-order valence-corrected chi connectivity index (χ3v) is 6.20. The number of carboxylic acids is 1. The van der Waals surface area contributed by atoms with Gasteiger partial charge in [0.25, 0.3) is 15.9 Å². The molecule has 0 spiro atoms. The lowest BCUT2D eigenvalue weighted by Gasteiger charge is -2.11. The average molecular weight is 483 g/mol. The molecule has 0 aromatic heterocycles. The molecule has 1 amide bonds. The normalized spacial score (nSPS) is 11.1. The van der Waals surface area contributed by atoms with Crippen LogP contribution in [0.15, 0.2) is 65.6 Å². The highest BCUT2D eigenvalue weighted by molar-refractivity contribution is 7.92. The van der Waals surface area contributed by atoms with Crippen molar-refractivity contribution in [3.63, 3.8) is 0 Å². The van der Waals surface area contributed by atoms with E-state index in [4.69, 9.17) is 28.3 Å². The Hall–Kier alpha value is -3.14. The van der Waals surface area contributed by atoms with E-state index in [0.717, 1.165) is 18.2 Å². The van der Waals surface area contributed by atoms with Gasteiger partial charge in [0.2, 0.25) is 0 Å². The van der Waals surface area contributed by atoms with Gasteiger partial charge in [-0.2, -0.15) is 0 Å². The Labute approximate surface area is 186 Å². The number of halogens is 3. The lowest BCUT2D eigenvalue weighted by molar-refractivity contribution is 0.0697. The molecule has 3 rings (SSSR count). The first-order valence-corrected chi connectivity index (χ1v) is 10.7. The summed E-state index contributed by atoms with van der Waals surface area (Å²) in [7, 11) is -3.97. The first-order valence-electron chi connectivity index (χ1n) is 8.49. The number of amides is 1. The summed E-state index contributed by atoms with van der Waals surface area (Å²) in [5.41, 5.74) is -0.252. The van der Waals surface area contributed by atoms with Crippen LogP contribution in [0.25, 0.3) is 0 Å². The fraction of sp³-hybridized carbons (Fsp3) is 0. The van der Waals surface area contributed by atoms with Crippen molar-refractivity contribution in [3.8, 4) is 0 Å². The molecule has 0 saturated carbocycles. The van der Waals surface area contributed by atoms with Crippen LogP contribution in [0.3, 0.4) is 0 Å². The van der Waals surface area contributed by atoms with Gasteiger partial charge in [-0.1, -0.05) is 23.2 Å². The average Bonchev–Trinajstić information content (AvgIpc) is 2.71. The Balaban J connectivity index is 1.78. The molecule has 7 nitrogen and oxygen atoms in total. The Kier molecular flexibility index (Phi) is 6.49. The van der Waals surface area contributed by atoms with Gasteiger partial charge in [-0.3, -0.25) is 9.52 Å². The van der Waals surface area contributed by atoms with Gasteiger partial charge in [0.05, 0.1) is 31.9 Å². The number of carbonyl (C=O) groups is 2. The maximum atomic E-state index is 13.3. The van der Waals surface area contributed by atoms with Crippen molar-refractivity contribution in [2.75, 3.05) is 10.0 Å². The van der Waals surface area contributed by atoms with Crippen LogP contribution in [0.1, 0.15) is 20.7 Å². The molecule has 3 aromatic carbocycles. The van der Waals surface area contributed by atoms with E-state index in [9.17, 15) is 22.4 Å². The summed E-state index contributed by atoms with van der Waals surface area (Å²) < 4.78 is 40.7. The third kappa shape index (κ3) is 5.32. The molecule has 0 aliphatic carbocycles. The molecule has 0 unspecified atom stereocenters. The van der Waals surface area contributed by atoms with Crippen LogP contribution < -0.4 is 10.0 Å². The highest BCUT2D eigenvalue weighted by Crippen LogP contribution is 2.26. The van der Waals surface area contributed by atoms with Crippen LogP contribution in [-0.4, -0.2) is 25.4 Å². The van der Waals surface area contributed by atoms with Crippen molar-refractivity contribution in [3.05, 3.63) is 87.7 Å². The van der Waals surface area contributed by atoms with Gasteiger partial charge in [-0.05, 0) is 60.7 Å². The molecule has 0 atom stereocenters. The van der Waals surface area contributed by atoms with Gasteiger partial charge < -0.3 is 10.4 Å².